The molecule has 2 aliphatic carbocycles. The van der Waals surface area contributed by atoms with Crippen LogP contribution in [0.2, 0.25) is 0 Å². The molecular weight excluding hydrogens is 334 g/mol. The number of para-hydroxylation sites is 1. The summed E-state index contributed by atoms with van der Waals surface area (Å²) in [5.41, 5.74) is 5.31. The maximum atomic E-state index is 13.3. The van der Waals surface area contributed by atoms with Crippen LogP contribution in [0.15, 0.2) is 72.3 Å². The third kappa shape index (κ3) is 2.14. The van der Waals surface area contributed by atoms with Gasteiger partial charge in [-0.2, -0.15) is 0 Å². The van der Waals surface area contributed by atoms with Crippen LogP contribution in [0, 0.1) is 30.6 Å². The third-order valence-corrected chi connectivity index (χ3v) is 6.41. The van der Waals surface area contributed by atoms with E-state index in [-0.39, 0.29) is 35.5 Å². The fourth-order valence-corrected chi connectivity index (χ4v) is 5.17. The maximum Gasteiger partial charge on any atom is 0.238 e. The predicted octanol–water partition coefficient (Wildman–Crippen LogP) is 4.39. The van der Waals surface area contributed by atoms with Crippen molar-refractivity contribution in [1.82, 2.24) is 0 Å². The highest BCUT2D eigenvalue weighted by molar-refractivity contribution is 6.23. The Morgan fingerprint density at radius 2 is 1.37 bits per heavy atom. The van der Waals surface area contributed by atoms with Gasteiger partial charge < -0.3 is 0 Å². The van der Waals surface area contributed by atoms with Crippen LogP contribution in [0.1, 0.15) is 18.1 Å². The molecule has 1 heterocycles. The van der Waals surface area contributed by atoms with E-state index in [1.54, 1.807) is 0 Å². The van der Waals surface area contributed by atoms with Gasteiger partial charge in [0.05, 0.1) is 17.5 Å². The first kappa shape index (κ1) is 16.2. The molecule has 3 aliphatic rings. The van der Waals surface area contributed by atoms with Gasteiger partial charge in [-0.15, -0.1) is 0 Å². The fourth-order valence-electron chi connectivity index (χ4n) is 5.17. The van der Waals surface area contributed by atoms with Crippen LogP contribution in [-0.2, 0) is 9.59 Å². The zero-order chi connectivity index (χ0) is 18.7. The molecule has 1 saturated heterocycles. The van der Waals surface area contributed by atoms with Gasteiger partial charge in [-0.25, -0.2) is 4.90 Å². The summed E-state index contributed by atoms with van der Waals surface area (Å²) in [6.45, 7) is 4.06. The molecule has 3 heteroatoms. The first-order chi connectivity index (χ1) is 13.1. The number of carbonyl (C=O) groups excluding carboxylic acids is 2. The van der Waals surface area contributed by atoms with Crippen LogP contribution in [0.25, 0.3) is 5.57 Å². The molecule has 0 radical (unpaired) electrons. The molecule has 4 atom stereocenters. The number of carbonyl (C=O) groups is 2. The lowest BCUT2D eigenvalue weighted by molar-refractivity contribution is -0.122. The number of fused-ring (bicyclic) bond motifs is 5. The average molecular weight is 355 g/mol. The van der Waals surface area contributed by atoms with Crippen LogP contribution < -0.4 is 4.90 Å². The number of benzene rings is 2. The molecule has 5 rings (SSSR count). The SMILES string of the molecule is CC(=C1[C@H]2C=C[C@H]1[C@H]1C(=O)N(c3ccccc3C)C(=O)[C@H]12)c1ccccc1. The van der Waals surface area contributed by atoms with Crippen molar-refractivity contribution >= 4 is 23.1 Å². The van der Waals surface area contributed by atoms with Crippen LogP contribution >= 0.6 is 0 Å². The van der Waals surface area contributed by atoms with E-state index in [9.17, 15) is 9.59 Å². The molecular formula is C24H21NO2. The Kier molecular flexibility index (Phi) is 3.48. The summed E-state index contributed by atoms with van der Waals surface area (Å²) in [6.07, 6.45) is 4.28. The summed E-state index contributed by atoms with van der Waals surface area (Å²) in [5.74, 6) is -0.554. The van der Waals surface area contributed by atoms with Gasteiger partial charge >= 0.3 is 0 Å². The summed E-state index contributed by atoms with van der Waals surface area (Å²) in [7, 11) is 0. The predicted molar refractivity (Wildman–Crippen MR) is 106 cm³/mol. The van der Waals surface area contributed by atoms with Gasteiger partial charge in [0, 0.05) is 11.8 Å². The van der Waals surface area contributed by atoms with Gasteiger partial charge in [0.15, 0.2) is 0 Å². The van der Waals surface area contributed by atoms with Crippen molar-refractivity contribution in [2.45, 2.75) is 13.8 Å². The highest BCUT2D eigenvalue weighted by Gasteiger charge is 2.62. The van der Waals surface area contributed by atoms with Crippen molar-refractivity contribution in [1.29, 1.82) is 0 Å². The summed E-state index contributed by atoms with van der Waals surface area (Å²) in [6, 6.07) is 17.9. The zero-order valence-corrected chi connectivity index (χ0v) is 15.4. The van der Waals surface area contributed by atoms with Crippen molar-refractivity contribution in [3.63, 3.8) is 0 Å². The summed E-state index contributed by atoms with van der Waals surface area (Å²) in [4.78, 5) is 28.0. The summed E-state index contributed by atoms with van der Waals surface area (Å²) < 4.78 is 0. The Morgan fingerprint density at radius 3 is 1.96 bits per heavy atom. The molecule has 2 aromatic carbocycles. The minimum Gasteiger partial charge on any atom is -0.274 e. The monoisotopic (exact) mass is 355 g/mol. The fraction of sp³-hybridized carbons (Fsp3) is 0.250. The lowest BCUT2D eigenvalue weighted by Crippen LogP contribution is -2.33. The lowest BCUT2D eigenvalue weighted by Gasteiger charge is -2.21. The van der Waals surface area contributed by atoms with E-state index in [2.05, 4.69) is 31.2 Å². The summed E-state index contributed by atoms with van der Waals surface area (Å²) in [5, 5.41) is 0. The van der Waals surface area contributed by atoms with Crippen LogP contribution in [-0.4, -0.2) is 11.8 Å². The Labute approximate surface area is 159 Å². The molecule has 2 amide bonds. The van der Waals surface area contributed by atoms with Gasteiger partial charge in [-0.1, -0.05) is 66.3 Å². The molecule has 27 heavy (non-hydrogen) atoms. The zero-order valence-electron chi connectivity index (χ0n) is 15.4. The number of anilines is 1. The average Bonchev–Trinajstić information content (AvgIpc) is 3.33. The summed E-state index contributed by atoms with van der Waals surface area (Å²) >= 11 is 0. The van der Waals surface area contributed by atoms with Crippen LogP contribution in [0.5, 0.6) is 0 Å². The first-order valence-electron chi connectivity index (χ1n) is 9.47. The smallest absolute Gasteiger partial charge is 0.238 e. The van der Waals surface area contributed by atoms with Gasteiger partial charge in [0.1, 0.15) is 0 Å². The van der Waals surface area contributed by atoms with Crippen molar-refractivity contribution in [2.24, 2.45) is 23.7 Å². The molecule has 2 aromatic rings. The minimum absolute atomic E-state index is 0.0330. The van der Waals surface area contributed by atoms with Crippen molar-refractivity contribution in [3.05, 3.63) is 83.4 Å². The molecule has 0 aromatic heterocycles. The van der Waals surface area contributed by atoms with Crippen molar-refractivity contribution in [3.8, 4) is 0 Å². The minimum atomic E-state index is -0.263. The molecule has 134 valence electrons. The molecule has 1 aliphatic heterocycles. The molecule has 1 saturated carbocycles. The normalized spacial score (nSPS) is 30.2. The second-order valence-electron chi connectivity index (χ2n) is 7.73. The quantitative estimate of drug-likeness (QED) is 0.592. The van der Waals surface area contributed by atoms with E-state index in [0.717, 1.165) is 11.3 Å². The number of allylic oxidation sites excluding steroid dienone is 4. The Hall–Kier alpha value is -2.94. The highest BCUT2D eigenvalue weighted by Crippen LogP contribution is 2.58. The Balaban J connectivity index is 1.58. The molecule has 2 fully saturated rings. The molecule has 0 N–H and O–H groups in total. The molecule has 0 unspecified atom stereocenters. The van der Waals surface area contributed by atoms with E-state index >= 15 is 0 Å². The number of hydrogen-bond acceptors (Lipinski definition) is 2. The standard InChI is InChI=1S/C24H21NO2/c1-14-8-6-7-11-19(14)25-23(26)21-17-12-13-18(22(21)24(25)27)20(17)15(2)16-9-4-3-5-10-16/h3-13,17-18,21-22H,1-2H3/t17-,18-,21-,22+/m1/s1. The van der Waals surface area contributed by atoms with E-state index in [1.807, 2.05) is 49.4 Å². The van der Waals surface area contributed by atoms with Crippen LogP contribution in [0.4, 0.5) is 5.69 Å². The van der Waals surface area contributed by atoms with Gasteiger partial charge in [0.2, 0.25) is 11.8 Å². The third-order valence-electron chi connectivity index (χ3n) is 6.41. The topological polar surface area (TPSA) is 37.4 Å². The number of aryl methyl sites for hydroxylation is 1. The number of amides is 2. The van der Waals surface area contributed by atoms with Gasteiger partial charge in [-0.3, -0.25) is 9.59 Å². The number of rotatable bonds is 2. The molecule has 0 spiro atoms. The molecule has 3 nitrogen and oxygen atoms in total. The number of nitrogens with zero attached hydrogens (tertiary/aromatic N) is 1. The number of hydrogen-bond donors (Lipinski definition) is 0. The van der Waals surface area contributed by atoms with E-state index < -0.39 is 0 Å². The second-order valence-corrected chi connectivity index (χ2v) is 7.73. The maximum absolute atomic E-state index is 13.3. The largest absolute Gasteiger partial charge is 0.274 e. The van der Waals surface area contributed by atoms with E-state index in [0.29, 0.717) is 0 Å². The van der Waals surface area contributed by atoms with Gasteiger partial charge in [0.25, 0.3) is 0 Å². The Bertz CT molecular complexity index is 984. The highest BCUT2D eigenvalue weighted by atomic mass is 16.2. The first-order valence-corrected chi connectivity index (χ1v) is 9.47. The molecule has 2 bridgehead atoms. The second kappa shape index (κ2) is 5.78. The van der Waals surface area contributed by atoms with E-state index in [4.69, 9.17) is 0 Å². The number of imide groups is 1. The lowest BCUT2D eigenvalue weighted by atomic mass is 9.85. The van der Waals surface area contributed by atoms with Crippen molar-refractivity contribution < 1.29 is 9.59 Å². The van der Waals surface area contributed by atoms with Crippen molar-refractivity contribution in [2.75, 3.05) is 4.90 Å². The van der Waals surface area contributed by atoms with Crippen LogP contribution in [0.3, 0.4) is 0 Å². The van der Waals surface area contributed by atoms with Gasteiger partial charge in [-0.05, 0) is 36.6 Å². The van der Waals surface area contributed by atoms with E-state index in [1.165, 1.54) is 21.6 Å². The Morgan fingerprint density at radius 1 is 0.815 bits per heavy atom.